The van der Waals surface area contributed by atoms with Crippen LogP contribution in [0.5, 0.6) is 5.75 Å². The number of ether oxygens (including phenoxy) is 1. The monoisotopic (exact) mass is 362 g/mol. The van der Waals surface area contributed by atoms with Crippen LogP contribution < -0.4 is 15.6 Å². The number of hydrogen-bond acceptors (Lipinski definition) is 3. The van der Waals surface area contributed by atoms with E-state index in [1.165, 1.54) is 0 Å². The molecule has 2 N–H and O–H groups in total. The molecule has 0 heterocycles. The Morgan fingerprint density at radius 3 is 2.68 bits per heavy atom. The van der Waals surface area contributed by atoms with Crippen LogP contribution >= 0.6 is 15.9 Å². The van der Waals surface area contributed by atoms with Crippen LogP contribution in [0.1, 0.15) is 12.8 Å². The molecule has 1 aliphatic carbocycles. The highest BCUT2D eigenvalue weighted by molar-refractivity contribution is 9.10. The molecule has 22 heavy (non-hydrogen) atoms. The van der Waals surface area contributed by atoms with Gasteiger partial charge < -0.3 is 4.74 Å². The van der Waals surface area contributed by atoms with E-state index in [1.54, 1.807) is 0 Å². The van der Waals surface area contributed by atoms with Crippen LogP contribution in [0.2, 0.25) is 0 Å². The van der Waals surface area contributed by atoms with Crippen LogP contribution in [0.15, 0.2) is 40.9 Å². The number of benzene rings is 2. The zero-order valence-corrected chi connectivity index (χ0v) is 13.4. The summed E-state index contributed by atoms with van der Waals surface area (Å²) < 4.78 is 6.31. The number of carbonyl (C=O) groups is 2. The van der Waals surface area contributed by atoms with Crippen molar-refractivity contribution < 1.29 is 14.3 Å². The third kappa shape index (κ3) is 3.39. The van der Waals surface area contributed by atoms with Crippen molar-refractivity contribution in [2.45, 2.75) is 12.8 Å². The summed E-state index contributed by atoms with van der Waals surface area (Å²) in [6.07, 6.45) is 1.78. The summed E-state index contributed by atoms with van der Waals surface area (Å²) in [7, 11) is 0. The third-order valence-corrected chi connectivity index (χ3v) is 4.28. The molecule has 0 aromatic heterocycles. The number of hydrazine groups is 1. The van der Waals surface area contributed by atoms with Gasteiger partial charge in [-0.3, -0.25) is 20.4 Å². The van der Waals surface area contributed by atoms with Gasteiger partial charge in [0.15, 0.2) is 6.61 Å². The largest absolute Gasteiger partial charge is 0.483 e. The molecule has 114 valence electrons. The summed E-state index contributed by atoms with van der Waals surface area (Å²) in [5, 5.41) is 2.10. The Morgan fingerprint density at radius 1 is 1.14 bits per heavy atom. The van der Waals surface area contributed by atoms with Gasteiger partial charge in [-0.2, -0.15) is 0 Å². The Bertz CT molecular complexity index is 728. The number of halogens is 1. The predicted octanol–water partition coefficient (Wildman–Crippen LogP) is 2.54. The van der Waals surface area contributed by atoms with E-state index in [9.17, 15) is 9.59 Å². The van der Waals surface area contributed by atoms with Crippen molar-refractivity contribution >= 4 is 38.5 Å². The summed E-state index contributed by atoms with van der Waals surface area (Å²) in [5.41, 5.74) is 4.75. The molecule has 3 rings (SSSR count). The average Bonchev–Trinajstić information content (AvgIpc) is 3.37. The van der Waals surface area contributed by atoms with Gasteiger partial charge in [0.25, 0.3) is 5.91 Å². The number of nitrogens with one attached hydrogen (secondary N) is 2. The zero-order valence-electron chi connectivity index (χ0n) is 11.8. The second-order valence-corrected chi connectivity index (χ2v) is 5.99. The maximum absolute atomic E-state index is 11.7. The van der Waals surface area contributed by atoms with Crippen LogP contribution in [0.25, 0.3) is 10.8 Å². The zero-order chi connectivity index (χ0) is 15.5. The Labute approximate surface area is 136 Å². The van der Waals surface area contributed by atoms with Crippen molar-refractivity contribution in [3.63, 3.8) is 0 Å². The lowest BCUT2D eigenvalue weighted by atomic mass is 10.1. The average molecular weight is 363 g/mol. The van der Waals surface area contributed by atoms with E-state index in [2.05, 4.69) is 26.8 Å². The second kappa shape index (κ2) is 6.36. The molecule has 6 heteroatoms. The highest BCUT2D eigenvalue weighted by Crippen LogP contribution is 2.33. The van der Waals surface area contributed by atoms with Gasteiger partial charge in [-0.15, -0.1) is 0 Å². The molecule has 2 amide bonds. The summed E-state index contributed by atoms with van der Waals surface area (Å²) in [6.45, 7) is -0.165. The smallest absolute Gasteiger partial charge is 0.276 e. The fraction of sp³-hybridized carbons (Fsp3) is 0.250. The van der Waals surface area contributed by atoms with E-state index < -0.39 is 5.91 Å². The summed E-state index contributed by atoms with van der Waals surface area (Å²) in [4.78, 5) is 23.1. The summed E-state index contributed by atoms with van der Waals surface area (Å²) in [6, 6.07) is 11.6. The molecule has 2 aromatic rings. The summed E-state index contributed by atoms with van der Waals surface area (Å²) >= 11 is 3.50. The number of hydrogen-bond donors (Lipinski definition) is 2. The normalized spacial score (nSPS) is 13.7. The van der Waals surface area contributed by atoms with Gasteiger partial charge >= 0.3 is 0 Å². The topological polar surface area (TPSA) is 67.4 Å². The maximum atomic E-state index is 11.7. The number of rotatable bonds is 4. The Balaban J connectivity index is 1.57. The van der Waals surface area contributed by atoms with E-state index >= 15 is 0 Å². The van der Waals surface area contributed by atoms with Crippen molar-refractivity contribution in [2.24, 2.45) is 5.92 Å². The molecule has 0 bridgehead atoms. The molecule has 1 aliphatic rings. The first kappa shape index (κ1) is 14.8. The second-order valence-electron chi connectivity index (χ2n) is 5.20. The lowest BCUT2D eigenvalue weighted by Crippen LogP contribution is -2.44. The molecule has 0 atom stereocenters. The van der Waals surface area contributed by atoms with E-state index in [1.807, 2.05) is 36.4 Å². The van der Waals surface area contributed by atoms with E-state index in [-0.39, 0.29) is 18.4 Å². The van der Waals surface area contributed by atoms with E-state index in [4.69, 9.17) is 4.74 Å². The van der Waals surface area contributed by atoms with Crippen molar-refractivity contribution in [1.82, 2.24) is 10.9 Å². The molecular weight excluding hydrogens is 348 g/mol. The first-order valence-corrected chi connectivity index (χ1v) is 7.83. The van der Waals surface area contributed by atoms with Gasteiger partial charge in [-0.1, -0.05) is 30.3 Å². The fourth-order valence-electron chi connectivity index (χ4n) is 2.08. The van der Waals surface area contributed by atoms with Gasteiger partial charge in [0.1, 0.15) is 5.75 Å². The van der Waals surface area contributed by atoms with E-state index in [0.29, 0.717) is 5.75 Å². The quantitative estimate of drug-likeness (QED) is 0.821. The Kier molecular flexibility index (Phi) is 4.29. The van der Waals surface area contributed by atoms with Crippen LogP contribution in [-0.4, -0.2) is 18.4 Å². The molecule has 2 aromatic carbocycles. The van der Waals surface area contributed by atoms with Crippen LogP contribution in [-0.2, 0) is 9.59 Å². The molecule has 0 spiro atoms. The molecule has 5 nitrogen and oxygen atoms in total. The number of amides is 2. The third-order valence-electron chi connectivity index (χ3n) is 3.46. The summed E-state index contributed by atoms with van der Waals surface area (Å²) in [5.74, 6) is 0.104. The minimum Gasteiger partial charge on any atom is -0.483 e. The Hall–Kier alpha value is -2.08. The van der Waals surface area contributed by atoms with Crippen molar-refractivity contribution in [2.75, 3.05) is 6.61 Å². The minimum atomic E-state index is -0.394. The van der Waals surface area contributed by atoms with Gasteiger partial charge in [-0.25, -0.2) is 0 Å². The van der Waals surface area contributed by atoms with Crippen molar-refractivity contribution in [1.29, 1.82) is 0 Å². The molecular formula is C16H15BrN2O3. The standard InChI is InChI=1S/C16H15BrN2O3/c17-15-12-4-2-1-3-10(12)7-8-13(15)22-9-14(20)18-19-16(21)11-5-6-11/h1-4,7-8,11H,5-6,9H2,(H,18,20)(H,19,21). The van der Waals surface area contributed by atoms with Crippen LogP contribution in [0, 0.1) is 5.92 Å². The first-order valence-electron chi connectivity index (χ1n) is 7.04. The maximum Gasteiger partial charge on any atom is 0.276 e. The molecule has 1 fully saturated rings. The van der Waals surface area contributed by atoms with Gasteiger partial charge in [0, 0.05) is 5.92 Å². The van der Waals surface area contributed by atoms with Crippen molar-refractivity contribution in [3.05, 3.63) is 40.9 Å². The highest BCUT2D eigenvalue weighted by Gasteiger charge is 2.29. The van der Waals surface area contributed by atoms with Crippen LogP contribution in [0.4, 0.5) is 0 Å². The lowest BCUT2D eigenvalue weighted by molar-refractivity contribution is -0.130. The Morgan fingerprint density at radius 2 is 1.91 bits per heavy atom. The SMILES string of the molecule is O=C(COc1ccc2ccccc2c1Br)NNC(=O)C1CC1. The lowest BCUT2D eigenvalue weighted by Gasteiger charge is -2.11. The highest BCUT2D eigenvalue weighted by atomic mass is 79.9. The first-order chi connectivity index (χ1) is 10.6. The van der Waals surface area contributed by atoms with Gasteiger partial charge in [0.2, 0.25) is 5.91 Å². The van der Waals surface area contributed by atoms with Crippen LogP contribution in [0.3, 0.4) is 0 Å². The number of carbonyl (C=O) groups excluding carboxylic acids is 2. The number of fused-ring (bicyclic) bond motifs is 1. The minimum absolute atomic E-state index is 0.0517. The molecule has 0 saturated heterocycles. The molecule has 0 aliphatic heterocycles. The molecule has 0 radical (unpaired) electrons. The predicted molar refractivity (Wildman–Crippen MR) is 86.2 cm³/mol. The van der Waals surface area contributed by atoms with Gasteiger partial charge in [-0.05, 0) is 45.6 Å². The molecule has 0 unspecified atom stereocenters. The fourth-order valence-corrected chi connectivity index (χ4v) is 2.69. The molecule has 1 saturated carbocycles. The van der Waals surface area contributed by atoms with Crippen molar-refractivity contribution in [3.8, 4) is 5.75 Å². The van der Waals surface area contributed by atoms with Gasteiger partial charge in [0.05, 0.1) is 4.47 Å². The van der Waals surface area contributed by atoms with E-state index in [0.717, 1.165) is 28.1 Å².